The fraction of sp³-hybridized carbons (Fsp3) is 0.214. The monoisotopic (exact) mass is 448 g/mol. The van der Waals surface area contributed by atoms with Crippen molar-refractivity contribution in [2.45, 2.75) is 24.7 Å². The van der Waals surface area contributed by atoms with E-state index < -0.39 is 11.8 Å². The van der Waals surface area contributed by atoms with E-state index in [1.165, 1.54) is 9.80 Å². The SMILES string of the molecule is O=C1CCC(=O)N1c1ccc(N2C(=O)[C@@H]3C4c5ccccc5C(c5ccccc54)[C@H]3C2=O)cc1. The fourth-order valence-electron chi connectivity index (χ4n) is 6.55. The molecule has 0 aromatic heterocycles. The van der Waals surface area contributed by atoms with E-state index in [9.17, 15) is 19.2 Å². The van der Waals surface area contributed by atoms with Crippen molar-refractivity contribution in [2.75, 3.05) is 9.80 Å². The van der Waals surface area contributed by atoms with Crippen LogP contribution in [0.2, 0.25) is 0 Å². The highest BCUT2D eigenvalue weighted by Crippen LogP contribution is 2.61. The minimum absolute atomic E-state index is 0.150. The standard InChI is InChI=1S/C28H20N2O4/c31-21-13-14-22(32)29(21)15-9-11-16(12-10-15)30-27(33)25-23-17-5-1-2-6-18(17)24(26(25)28(30)34)20-8-4-3-7-19(20)23/h1-12,23-26H,13-14H2/t23?,24?,25-,26-/m1/s1. The number of benzene rings is 3. The lowest BCUT2D eigenvalue weighted by Crippen LogP contribution is -2.41. The quantitative estimate of drug-likeness (QED) is 0.560. The molecule has 3 aromatic rings. The summed E-state index contributed by atoms with van der Waals surface area (Å²) < 4.78 is 0. The Morgan fingerprint density at radius 1 is 0.500 bits per heavy atom. The van der Waals surface area contributed by atoms with E-state index in [1.807, 2.05) is 24.3 Å². The van der Waals surface area contributed by atoms with Gasteiger partial charge in [-0.25, -0.2) is 4.90 Å². The van der Waals surface area contributed by atoms with Crippen LogP contribution >= 0.6 is 0 Å². The van der Waals surface area contributed by atoms with Gasteiger partial charge in [-0.2, -0.15) is 0 Å². The molecule has 2 fully saturated rings. The summed E-state index contributed by atoms with van der Waals surface area (Å²) in [6.45, 7) is 0. The molecule has 0 N–H and O–H groups in total. The molecule has 2 saturated heterocycles. The van der Waals surface area contributed by atoms with Gasteiger partial charge in [0.25, 0.3) is 0 Å². The number of hydrogen-bond acceptors (Lipinski definition) is 4. The van der Waals surface area contributed by atoms with Crippen molar-refractivity contribution >= 4 is 35.0 Å². The van der Waals surface area contributed by atoms with E-state index in [1.54, 1.807) is 24.3 Å². The van der Waals surface area contributed by atoms with Gasteiger partial charge in [0.15, 0.2) is 0 Å². The Kier molecular flexibility index (Phi) is 3.84. The Morgan fingerprint density at radius 2 is 0.853 bits per heavy atom. The molecule has 5 aliphatic rings. The molecular weight excluding hydrogens is 428 g/mol. The summed E-state index contributed by atoms with van der Waals surface area (Å²) in [4.78, 5) is 54.2. The highest BCUT2D eigenvalue weighted by Gasteiger charge is 2.61. The molecule has 3 aromatic carbocycles. The molecule has 6 nitrogen and oxygen atoms in total. The van der Waals surface area contributed by atoms with Crippen LogP contribution < -0.4 is 9.80 Å². The van der Waals surface area contributed by atoms with E-state index in [2.05, 4.69) is 24.3 Å². The molecule has 4 amide bonds. The molecule has 166 valence electrons. The van der Waals surface area contributed by atoms with Crippen molar-refractivity contribution in [1.82, 2.24) is 0 Å². The van der Waals surface area contributed by atoms with E-state index in [0.717, 1.165) is 22.3 Å². The minimum Gasteiger partial charge on any atom is -0.274 e. The van der Waals surface area contributed by atoms with E-state index in [-0.39, 0.29) is 48.3 Å². The average Bonchev–Trinajstić information content (AvgIpc) is 3.34. The van der Waals surface area contributed by atoms with Crippen LogP contribution in [0.4, 0.5) is 11.4 Å². The van der Waals surface area contributed by atoms with E-state index in [4.69, 9.17) is 0 Å². The first-order chi connectivity index (χ1) is 16.6. The van der Waals surface area contributed by atoms with Gasteiger partial charge >= 0.3 is 0 Å². The van der Waals surface area contributed by atoms with Gasteiger partial charge in [-0.05, 0) is 46.5 Å². The van der Waals surface area contributed by atoms with Gasteiger partial charge in [0, 0.05) is 24.7 Å². The smallest absolute Gasteiger partial charge is 0.238 e. The second-order valence-electron chi connectivity index (χ2n) is 9.42. The van der Waals surface area contributed by atoms with Crippen molar-refractivity contribution in [2.24, 2.45) is 11.8 Å². The fourth-order valence-corrected chi connectivity index (χ4v) is 6.55. The maximum atomic E-state index is 13.8. The third kappa shape index (κ3) is 2.35. The zero-order chi connectivity index (χ0) is 23.1. The van der Waals surface area contributed by atoms with E-state index >= 15 is 0 Å². The molecule has 2 atom stereocenters. The molecule has 3 aliphatic carbocycles. The normalized spacial score (nSPS) is 26.7. The molecule has 0 unspecified atom stereocenters. The molecular formula is C28H20N2O4. The summed E-state index contributed by atoms with van der Waals surface area (Å²) in [6, 6.07) is 22.9. The highest BCUT2D eigenvalue weighted by atomic mass is 16.2. The van der Waals surface area contributed by atoms with Gasteiger partial charge in [0.1, 0.15) is 0 Å². The molecule has 0 radical (unpaired) electrons. The predicted octanol–water partition coefficient (Wildman–Crippen LogP) is 3.74. The molecule has 2 bridgehead atoms. The molecule has 0 saturated carbocycles. The number of amides is 4. The minimum atomic E-state index is -0.441. The van der Waals surface area contributed by atoms with Gasteiger partial charge in [-0.15, -0.1) is 0 Å². The first-order valence-electron chi connectivity index (χ1n) is 11.6. The van der Waals surface area contributed by atoms with Crippen LogP contribution in [0.15, 0.2) is 72.8 Å². The zero-order valence-electron chi connectivity index (χ0n) is 18.2. The van der Waals surface area contributed by atoms with Crippen LogP contribution in [0, 0.1) is 11.8 Å². The highest BCUT2D eigenvalue weighted by molar-refractivity contribution is 6.24. The molecule has 2 aliphatic heterocycles. The lowest BCUT2D eigenvalue weighted by Gasteiger charge is -2.45. The first-order valence-corrected chi connectivity index (χ1v) is 11.6. The lowest BCUT2D eigenvalue weighted by atomic mass is 9.55. The summed E-state index contributed by atoms with van der Waals surface area (Å²) >= 11 is 0. The summed E-state index contributed by atoms with van der Waals surface area (Å²) in [5, 5.41) is 0. The Labute approximate surface area is 195 Å². The lowest BCUT2D eigenvalue weighted by molar-refractivity contribution is -0.123. The van der Waals surface area contributed by atoms with Crippen molar-refractivity contribution in [3.8, 4) is 0 Å². The third-order valence-electron chi connectivity index (χ3n) is 7.87. The molecule has 6 heteroatoms. The summed E-state index contributed by atoms with van der Waals surface area (Å²) in [6.07, 6.45) is 0.411. The summed E-state index contributed by atoms with van der Waals surface area (Å²) in [7, 11) is 0. The maximum Gasteiger partial charge on any atom is 0.238 e. The number of anilines is 2. The second-order valence-corrected chi connectivity index (χ2v) is 9.42. The van der Waals surface area contributed by atoms with Crippen LogP contribution in [0.25, 0.3) is 0 Å². The number of carbonyl (C=O) groups is 4. The predicted molar refractivity (Wildman–Crippen MR) is 124 cm³/mol. The van der Waals surface area contributed by atoms with Crippen molar-refractivity contribution in [1.29, 1.82) is 0 Å². The number of nitrogens with zero attached hydrogens (tertiary/aromatic N) is 2. The van der Waals surface area contributed by atoms with Crippen LogP contribution in [-0.2, 0) is 19.2 Å². The van der Waals surface area contributed by atoms with Crippen LogP contribution in [0.1, 0.15) is 46.9 Å². The Bertz CT molecular complexity index is 1290. The van der Waals surface area contributed by atoms with Gasteiger partial charge in [-0.1, -0.05) is 48.5 Å². The summed E-state index contributed by atoms with van der Waals surface area (Å²) in [5.74, 6) is -2.02. The van der Waals surface area contributed by atoms with E-state index in [0.29, 0.717) is 11.4 Å². The Morgan fingerprint density at radius 3 is 1.24 bits per heavy atom. The topological polar surface area (TPSA) is 74.8 Å². The average molecular weight is 448 g/mol. The number of imide groups is 2. The summed E-state index contributed by atoms with van der Waals surface area (Å²) in [5.41, 5.74) is 5.48. The third-order valence-corrected chi connectivity index (χ3v) is 7.87. The van der Waals surface area contributed by atoms with Crippen LogP contribution in [0.3, 0.4) is 0 Å². The van der Waals surface area contributed by atoms with Crippen LogP contribution in [-0.4, -0.2) is 23.6 Å². The van der Waals surface area contributed by atoms with Gasteiger partial charge in [0.2, 0.25) is 23.6 Å². The number of rotatable bonds is 2. The Hall–Kier alpha value is -4.06. The number of carbonyl (C=O) groups excluding carboxylic acids is 4. The van der Waals surface area contributed by atoms with Crippen molar-refractivity contribution < 1.29 is 19.2 Å². The van der Waals surface area contributed by atoms with Gasteiger partial charge in [0.05, 0.1) is 23.2 Å². The molecule has 2 heterocycles. The molecule has 34 heavy (non-hydrogen) atoms. The second kappa shape index (κ2) is 6.73. The largest absolute Gasteiger partial charge is 0.274 e. The van der Waals surface area contributed by atoms with Crippen molar-refractivity contribution in [3.05, 3.63) is 95.1 Å². The van der Waals surface area contributed by atoms with Gasteiger partial charge < -0.3 is 0 Å². The van der Waals surface area contributed by atoms with Crippen molar-refractivity contribution in [3.63, 3.8) is 0 Å². The van der Waals surface area contributed by atoms with Crippen LogP contribution in [0.5, 0.6) is 0 Å². The Balaban J connectivity index is 1.31. The maximum absolute atomic E-state index is 13.8. The zero-order valence-corrected chi connectivity index (χ0v) is 18.2. The molecule has 0 spiro atoms. The van der Waals surface area contributed by atoms with Gasteiger partial charge in [-0.3, -0.25) is 24.1 Å². The first kappa shape index (κ1) is 19.4. The number of hydrogen-bond donors (Lipinski definition) is 0. The molecule has 8 rings (SSSR count).